The zero-order valence-corrected chi connectivity index (χ0v) is 9.59. The van der Waals surface area contributed by atoms with Crippen LogP contribution in [0.5, 0.6) is 0 Å². The molecule has 82 valence electrons. The summed E-state index contributed by atoms with van der Waals surface area (Å²) in [5, 5.41) is 0. The molecule has 0 bridgehead atoms. The molecule has 0 aromatic carbocycles. The van der Waals surface area contributed by atoms with E-state index in [-0.39, 0.29) is 11.4 Å². The minimum absolute atomic E-state index is 0.250. The van der Waals surface area contributed by atoms with Gasteiger partial charge >= 0.3 is 11.9 Å². The molecule has 0 amide bonds. The smallest absolute Gasteiger partial charge is 0.324 e. The molecule has 3 nitrogen and oxygen atoms in total. The van der Waals surface area contributed by atoms with Crippen molar-refractivity contribution >= 4 is 11.9 Å². The van der Waals surface area contributed by atoms with Gasteiger partial charge in [-0.25, -0.2) is 0 Å². The van der Waals surface area contributed by atoms with Gasteiger partial charge in [0.05, 0.1) is 5.41 Å². The minimum atomic E-state index is -0.800. The standard InChI is InChI=1S/C12H16O3/c1-10(2)6-5-7-11(3)8(13)15-9(14)12(10,11)4/h5,7H,6H2,1-4H3. The number of rotatable bonds is 0. The van der Waals surface area contributed by atoms with Crippen molar-refractivity contribution in [3.8, 4) is 0 Å². The molecular weight excluding hydrogens is 192 g/mol. The van der Waals surface area contributed by atoms with E-state index in [1.807, 2.05) is 32.9 Å². The molecule has 15 heavy (non-hydrogen) atoms. The van der Waals surface area contributed by atoms with Crippen molar-refractivity contribution in [2.24, 2.45) is 16.2 Å². The molecule has 2 atom stereocenters. The average molecular weight is 208 g/mol. The Morgan fingerprint density at radius 2 is 1.73 bits per heavy atom. The van der Waals surface area contributed by atoms with E-state index < -0.39 is 16.8 Å². The van der Waals surface area contributed by atoms with Gasteiger partial charge in [0.15, 0.2) is 0 Å². The van der Waals surface area contributed by atoms with E-state index in [9.17, 15) is 9.59 Å². The summed E-state index contributed by atoms with van der Waals surface area (Å²) in [5.74, 6) is -0.802. The lowest BCUT2D eigenvalue weighted by molar-refractivity contribution is -0.157. The first kappa shape index (κ1) is 10.4. The molecule has 0 radical (unpaired) electrons. The molecule has 1 saturated heterocycles. The SMILES string of the molecule is CC1(C)CC=CC2(C)C(=O)OC(=O)C12C. The molecule has 1 heterocycles. The van der Waals surface area contributed by atoms with Gasteiger partial charge in [0.2, 0.25) is 0 Å². The van der Waals surface area contributed by atoms with Gasteiger partial charge in [-0.05, 0) is 25.7 Å². The van der Waals surface area contributed by atoms with E-state index in [2.05, 4.69) is 0 Å². The topological polar surface area (TPSA) is 43.4 Å². The van der Waals surface area contributed by atoms with Gasteiger partial charge in [-0.3, -0.25) is 9.59 Å². The number of carbonyl (C=O) groups excluding carboxylic acids is 2. The Labute approximate surface area is 89.5 Å². The van der Waals surface area contributed by atoms with Crippen molar-refractivity contribution in [3.05, 3.63) is 12.2 Å². The highest BCUT2D eigenvalue weighted by Crippen LogP contribution is 2.61. The molecule has 0 aromatic rings. The second-order valence-corrected chi connectivity index (χ2v) is 5.49. The number of cyclic esters (lactones) is 2. The van der Waals surface area contributed by atoms with Crippen LogP contribution in [0.2, 0.25) is 0 Å². The molecule has 2 aliphatic rings. The summed E-state index contributed by atoms with van der Waals surface area (Å²) in [6.07, 6.45) is 4.59. The highest BCUT2D eigenvalue weighted by molar-refractivity contribution is 6.03. The fourth-order valence-corrected chi connectivity index (χ4v) is 2.72. The van der Waals surface area contributed by atoms with Crippen molar-refractivity contribution in [2.45, 2.75) is 34.1 Å². The number of hydrogen-bond donors (Lipinski definition) is 0. The lowest BCUT2D eigenvalue weighted by Crippen LogP contribution is -2.51. The number of carbonyl (C=O) groups is 2. The van der Waals surface area contributed by atoms with Crippen LogP contribution in [0, 0.1) is 16.2 Å². The maximum atomic E-state index is 11.9. The quantitative estimate of drug-likeness (QED) is 0.348. The summed E-state index contributed by atoms with van der Waals surface area (Å²) < 4.78 is 4.82. The number of esters is 2. The van der Waals surface area contributed by atoms with Crippen molar-refractivity contribution in [2.75, 3.05) is 0 Å². The molecule has 0 aromatic heterocycles. The van der Waals surface area contributed by atoms with E-state index in [1.54, 1.807) is 6.92 Å². The first-order valence-electron chi connectivity index (χ1n) is 5.20. The Kier molecular flexibility index (Phi) is 1.74. The van der Waals surface area contributed by atoms with Gasteiger partial charge in [0.1, 0.15) is 5.41 Å². The Bertz CT molecular complexity index is 380. The zero-order valence-electron chi connectivity index (χ0n) is 9.59. The number of ether oxygens (including phenoxy) is 1. The molecule has 0 N–H and O–H groups in total. The normalized spacial score (nSPS) is 42.7. The predicted molar refractivity (Wildman–Crippen MR) is 54.9 cm³/mol. The third kappa shape index (κ3) is 0.912. The second-order valence-electron chi connectivity index (χ2n) is 5.49. The summed E-state index contributed by atoms with van der Waals surface area (Å²) in [6.45, 7) is 7.64. The summed E-state index contributed by atoms with van der Waals surface area (Å²) in [6, 6.07) is 0. The summed E-state index contributed by atoms with van der Waals surface area (Å²) in [5.41, 5.74) is -1.79. The van der Waals surface area contributed by atoms with Crippen LogP contribution < -0.4 is 0 Å². The third-order valence-electron chi connectivity index (χ3n) is 4.49. The van der Waals surface area contributed by atoms with Crippen LogP contribution in [-0.2, 0) is 14.3 Å². The predicted octanol–water partition coefficient (Wildman–Crippen LogP) is 2.07. The van der Waals surface area contributed by atoms with Gasteiger partial charge in [0, 0.05) is 0 Å². The highest BCUT2D eigenvalue weighted by Gasteiger charge is 2.68. The molecule has 0 spiro atoms. The monoisotopic (exact) mass is 208 g/mol. The number of fused-ring (bicyclic) bond motifs is 1. The average Bonchev–Trinajstić information content (AvgIpc) is 2.28. The van der Waals surface area contributed by atoms with Crippen molar-refractivity contribution in [3.63, 3.8) is 0 Å². The van der Waals surface area contributed by atoms with Crippen LogP contribution in [0.4, 0.5) is 0 Å². The Morgan fingerprint density at radius 3 is 2.27 bits per heavy atom. The number of allylic oxidation sites excluding steroid dienone is 1. The van der Waals surface area contributed by atoms with Crippen LogP contribution in [0.1, 0.15) is 34.1 Å². The third-order valence-corrected chi connectivity index (χ3v) is 4.49. The second kappa shape index (κ2) is 2.52. The Hall–Kier alpha value is -1.12. The van der Waals surface area contributed by atoms with Gasteiger partial charge in [-0.15, -0.1) is 0 Å². The van der Waals surface area contributed by atoms with E-state index in [0.29, 0.717) is 0 Å². The summed E-state index contributed by atoms with van der Waals surface area (Å²) in [4.78, 5) is 23.6. The molecule has 1 aliphatic heterocycles. The first-order valence-corrected chi connectivity index (χ1v) is 5.20. The van der Waals surface area contributed by atoms with Gasteiger partial charge in [-0.1, -0.05) is 26.0 Å². The van der Waals surface area contributed by atoms with Gasteiger partial charge < -0.3 is 4.74 Å². The summed E-state index contributed by atoms with van der Waals surface area (Å²) >= 11 is 0. The zero-order chi connectivity index (χ0) is 11.5. The maximum Gasteiger partial charge on any atom is 0.324 e. The lowest BCUT2D eigenvalue weighted by Gasteiger charge is -2.47. The fraction of sp³-hybridized carbons (Fsp3) is 0.667. The first-order chi connectivity index (χ1) is 6.76. The van der Waals surface area contributed by atoms with Gasteiger partial charge in [0.25, 0.3) is 0 Å². The van der Waals surface area contributed by atoms with Crippen molar-refractivity contribution in [1.82, 2.24) is 0 Å². The van der Waals surface area contributed by atoms with Gasteiger partial charge in [-0.2, -0.15) is 0 Å². The van der Waals surface area contributed by atoms with Crippen molar-refractivity contribution in [1.29, 1.82) is 0 Å². The molecule has 0 saturated carbocycles. The van der Waals surface area contributed by atoms with Crippen molar-refractivity contribution < 1.29 is 14.3 Å². The Morgan fingerprint density at radius 1 is 1.13 bits per heavy atom. The molecular formula is C12H16O3. The van der Waals surface area contributed by atoms with Crippen LogP contribution in [0.25, 0.3) is 0 Å². The highest BCUT2D eigenvalue weighted by atomic mass is 16.6. The largest absolute Gasteiger partial charge is 0.392 e. The van der Waals surface area contributed by atoms with E-state index in [1.165, 1.54) is 0 Å². The lowest BCUT2D eigenvalue weighted by atomic mass is 9.51. The molecule has 1 fully saturated rings. The minimum Gasteiger partial charge on any atom is -0.392 e. The molecule has 3 heteroatoms. The maximum absolute atomic E-state index is 11.9. The molecule has 2 rings (SSSR count). The molecule has 2 unspecified atom stereocenters. The Balaban J connectivity index is 2.69. The van der Waals surface area contributed by atoms with E-state index in [0.717, 1.165) is 6.42 Å². The van der Waals surface area contributed by atoms with Crippen LogP contribution in [0.15, 0.2) is 12.2 Å². The van der Waals surface area contributed by atoms with E-state index in [4.69, 9.17) is 4.74 Å². The van der Waals surface area contributed by atoms with E-state index >= 15 is 0 Å². The van der Waals surface area contributed by atoms with Crippen LogP contribution in [-0.4, -0.2) is 11.9 Å². The van der Waals surface area contributed by atoms with Crippen LogP contribution >= 0.6 is 0 Å². The van der Waals surface area contributed by atoms with Crippen LogP contribution in [0.3, 0.4) is 0 Å². The summed E-state index contributed by atoms with van der Waals surface area (Å²) in [7, 11) is 0. The molecule has 1 aliphatic carbocycles. The number of hydrogen-bond acceptors (Lipinski definition) is 3. The fourth-order valence-electron chi connectivity index (χ4n) is 2.72.